The number of nitrogens with zero attached hydrogens (tertiary/aromatic N) is 1. The van der Waals surface area contributed by atoms with Crippen molar-refractivity contribution in [2.45, 2.75) is 17.4 Å². The zero-order valence-electron chi connectivity index (χ0n) is 14.3. The van der Waals surface area contributed by atoms with E-state index >= 15 is 0 Å². The molecule has 2 atom stereocenters. The molecule has 0 spiro atoms. The summed E-state index contributed by atoms with van der Waals surface area (Å²) in [5.74, 6) is 0.263. The average molecular weight is 360 g/mol. The molecule has 3 rings (SSSR count). The third-order valence-electron chi connectivity index (χ3n) is 4.81. The fourth-order valence-electron chi connectivity index (χ4n) is 3.42. The molecular formula is C19H24N2O3S. The van der Waals surface area contributed by atoms with Crippen LogP contribution in [0, 0.1) is 5.92 Å². The first-order chi connectivity index (χ1) is 12.1. The lowest BCUT2D eigenvalue weighted by Gasteiger charge is -2.17. The molecule has 0 unspecified atom stereocenters. The molecule has 5 nitrogen and oxygen atoms in total. The van der Waals surface area contributed by atoms with E-state index in [9.17, 15) is 8.42 Å². The Balaban J connectivity index is 1.83. The Bertz CT molecular complexity index is 791. The highest BCUT2D eigenvalue weighted by molar-refractivity contribution is 7.89. The molecule has 2 aromatic rings. The van der Waals surface area contributed by atoms with Gasteiger partial charge in [0.25, 0.3) is 0 Å². The molecular weight excluding hydrogens is 336 g/mol. The van der Waals surface area contributed by atoms with Crippen LogP contribution < -0.4 is 5.73 Å². The van der Waals surface area contributed by atoms with E-state index in [0.29, 0.717) is 31.1 Å². The fourth-order valence-corrected chi connectivity index (χ4v) is 4.94. The van der Waals surface area contributed by atoms with Crippen LogP contribution in [0.2, 0.25) is 0 Å². The van der Waals surface area contributed by atoms with Gasteiger partial charge in [-0.3, -0.25) is 0 Å². The summed E-state index contributed by atoms with van der Waals surface area (Å²) in [5, 5.41) is 0. The summed E-state index contributed by atoms with van der Waals surface area (Å²) in [7, 11) is -1.90. The minimum atomic E-state index is -3.52. The Kier molecular flexibility index (Phi) is 5.54. The van der Waals surface area contributed by atoms with Gasteiger partial charge < -0.3 is 10.5 Å². The largest absolute Gasteiger partial charge is 0.380 e. The highest BCUT2D eigenvalue weighted by Gasteiger charge is 2.39. The van der Waals surface area contributed by atoms with Crippen LogP contribution in [0.25, 0.3) is 0 Å². The second-order valence-corrected chi connectivity index (χ2v) is 8.35. The van der Waals surface area contributed by atoms with Gasteiger partial charge in [-0.05, 0) is 35.7 Å². The van der Waals surface area contributed by atoms with Crippen LogP contribution >= 0.6 is 0 Å². The Morgan fingerprint density at radius 2 is 1.76 bits per heavy atom. The van der Waals surface area contributed by atoms with E-state index in [1.165, 1.54) is 0 Å². The summed E-state index contributed by atoms with van der Waals surface area (Å²) < 4.78 is 32.6. The molecule has 0 aliphatic carbocycles. The molecule has 0 bridgehead atoms. The maximum Gasteiger partial charge on any atom is 0.243 e. The normalized spacial score (nSPS) is 21.5. The van der Waals surface area contributed by atoms with Crippen LogP contribution in [-0.2, 0) is 21.4 Å². The molecule has 2 aromatic carbocycles. The minimum Gasteiger partial charge on any atom is -0.380 e. The maximum absolute atomic E-state index is 13.0. The van der Waals surface area contributed by atoms with Crippen LogP contribution in [0.4, 0.5) is 0 Å². The predicted octanol–water partition coefficient (Wildman–Crippen LogP) is 2.20. The first kappa shape index (κ1) is 18.1. The van der Waals surface area contributed by atoms with Gasteiger partial charge in [0.05, 0.1) is 11.5 Å². The number of benzene rings is 2. The molecule has 1 aliphatic rings. The zero-order valence-corrected chi connectivity index (χ0v) is 15.2. The van der Waals surface area contributed by atoms with Gasteiger partial charge in [0.15, 0.2) is 0 Å². The van der Waals surface area contributed by atoms with Gasteiger partial charge in [0, 0.05) is 26.1 Å². The summed E-state index contributed by atoms with van der Waals surface area (Å²) in [6.45, 7) is 1.86. The number of methoxy groups -OCH3 is 1. The maximum atomic E-state index is 13.0. The topological polar surface area (TPSA) is 72.6 Å². The summed E-state index contributed by atoms with van der Waals surface area (Å²) in [6.07, 6.45) is 0. The first-order valence-electron chi connectivity index (χ1n) is 8.39. The third kappa shape index (κ3) is 3.77. The summed E-state index contributed by atoms with van der Waals surface area (Å²) in [5.41, 5.74) is 8.02. The number of ether oxygens (including phenoxy) is 1. The SMILES string of the molecule is COCc1ccc(S(=O)(=O)N2C[C@@H](CN)[C@H](c3ccccc3)C2)cc1. The van der Waals surface area contributed by atoms with Gasteiger partial charge >= 0.3 is 0 Å². The van der Waals surface area contributed by atoms with Gasteiger partial charge in [0.1, 0.15) is 0 Å². The van der Waals surface area contributed by atoms with Crippen molar-refractivity contribution in [1.29, 1.82) is 0 Å². The van der Waals surface area contributed by atoms with Crippen molar-refractivity contribution >= 4 is 10.0 Å². The summed E-state index contributed by atoms with van der Waals surface area (Å²) in [6, 6.07) is 16.9. The minimum absolute atomic E-state index is 0.130. The quantitative estimate of drug-likeness (QED) is 0.857. The van der Waals surface area contributed by atoms with E-state index in [-0.39, 0.29) is 11.8 Å². The van der Waals surface area contributed by atoms with Crippen LogP contribution in [0.15, 0.2) is 59.5 Å². The molecule has 1 saturated heterocycles. The molecule has 134 valence electrons. The molecule has 6 heteroatoms. The Labute approximate surface area is 149 Å². The van der Waals surface area contributed by atoms with Crippen LogP contribution in [-0.4, -0.2) is 39.5 Å². The molecule has 0 amide bonds. The predicted molar refractivity (Wildman–Crippen MR) is 97.6 cm³/mol. The number of hydrogen-bond donors (Lipinski definition) is 1. The molecule has 1 heterocycles. The van der Waals surface area contributed by atoms with E-state index in [1.54, 1.807) is 35.7 Å². The van der Waals surface area contributed by atoms with Gasteiger partial charge in [0.2, 0.25) is 10.0 Å². The second kappa shape index (κ2) is 7.66. The average Bonchev–Trinajstić information content (AvgIpc) is 3.08. The lowest BCUT2D eigenvalue weighted by Crippen LogP contribution is -2.30. The molecule has 1 fully saturated rings. The molecule has 0 aromatic heterocycles. The van der Waals surface area contributed by atoms with E-state index in [2.05, 4.69) is 0 Å². The van der Waals surface area contributed by atoms with Crippen LogP contribution in [0.5, 0.6) is 0 Å². The third-order valence-corrected chi connectivity index (χ3v) is 6.66. The van der Waals surface area contributed by atoms with Crippen molar-refractivity contribution in [3.05, 3.63) is 65.7 Å². The molecule has 2 N–H and O–H groups in total. The number of sulfonamides is 1. The highest BCUT2D eigenvalue weighted by Crippen LogP contribution is 2.35. The Morgan fingerprint density at radius 3 is 2.36 bits per heavy atom. The zero-order chi connectivity index (χ0) is 17.9. The van der Waals surface area contributed by atoms with Crippen molar-refractivity contribution in [3.63, 3.8) is 0 Å². The molecule has 25 heavy (non-hydrogen) atoms. The Morgan fingerprint density at radius 1 is 1.08 bits per heavy atom. The van der Waals surface area contributed by atoms with Gasteiger partial charge in [-0.2, -0.15) is 4.31 Å². The second-order valence-electron chi connectivity index (χ2n) is 6.41. The molecule has 0 saturated carbocycles. The van der Waals surface area contributed by atoms with Crippen molar-refractivity contribution in [1.82, 2.24) is 4.31 Å². The van der Waals surface area contributed by atoms with E-state index in [0.717, 1.165) is 11.1 Å². The summed E-state index contributed by atoms with van der Waals surface area (Å²) in [4.78, 5) is 0.317. The van der Waals surface area contributed by atoms with Crippen molar-refractivity contribution in [3.8, 4) is 0 Å². The fraction of sp³-hybridized carbons (Fsp3) is 0.368. The standard InChI is InChI=1S/C19H24N2O3S/c1-24-14-15-7-9-18(10-8-15)25(22,23)21-12-17(11-20)19(13-21)16-5-3-2-4-6-16/h2-10,17,19H,11-14,20H2,1H3/t17-,19+/m1/s1. The number of nitrogens with two attached hydrogens (primary N) is 1. The smallest absolute Gasteiger partial charge is 0.243 e. The van der Waals surface area contributed by atoms with Crippen molar-refractivity contribution < 1.29 is 13.2 Å². The van der Waals surface area contributed by atoms with E-state index in [1.807, 2.05) is 30.3 Å². The van der Waals surface area contributed by atoms with Gasteiger partial charge in [-0.15, -0.1) is 0 Å². The lowest BCUT2D eigenvalue weighted by atomic mass is 9.89. The van der Waals surface area contributed by atoms with Crippen molar-refractivity contribution in [2.24, 2.45) is 11.7 Å². The van der Waals surface area contributed by atoms with Gasteiger partial charge in [-0.1, -0.05) is 42.5 Å². The van der Waals surface area contributed by atoms with Crippen LogP contribution in [0.1, 0.15) is 17.0 Å². The highest BCUT2D eigenvalue weighted by atomic mass is 32.2. The summed E-state index contributed by atoms with van der Waals surface area (Å²) >= 11 is 0. The monoisotopic (exact) mass is 360 g/mol. The first-order valence-corrected chi connectivity index (χ1v) is 9.83. The number of hydrogen-bond acceptors (Lipinski definition) is 4. The number of rotatable bonds is 6. The Hall–Kier alpha value is -1.73. The van der Waals surface area contributed by atoms with E-state index in [4.69, 9.17) is 10.5 Å². The van der Waals surface area contributed by atoms with E-state index < -0.39 is 10.0 Å². The molecule has 0 radical (unpaired) electrons. The van der Waals surface area contributed by atoms with Crippen LogP contribution in [0.3, 0.4) is 0 Å². The molecule has 1 aliphatic heterocycles. The van der Waals surface area contributed by atoms with Crippen molar-refractivity contribution in [2.75, 3.05) is 26.7 Å². The van der Waals surface area contributed by atoms with Gasteiger partial charge in [-0.25, -0.2) is 8.42 Å². The lowest BCUT2D eigenvalue weighted by molar-refractivity contribution is 0.185.